The van der Waals surface area contributed by atoms with Crippen LogP contribution in [0.15, 0.2) is 79.1 Å². The monoisotopic (exact) mass is 602 g/mol. The van der Waals surface area contributed by atoms with Crippen LogP contribution in [0.25, 0.3) is 17.1 Å². The zero-order chi connectivity index (χ0) is 29.8. The molecule has 2 aliphatic heterocycles. The second kappa shape index (κ2) is 12.5. The Labute approximate surface area is 253 Å². The van der Waals surface area contributed by atoms with E-state index in [1.165, 1.54) is 16.9 Å². The van der Waals surface area contributed by atoms with Crippen molar-refractivity contribution in [1.82, 2.24) is 20.1 Å². The number of nitrogens with one attached hydrogen (secondary N) is 1. The number of carbonyl (C=O) groups is 2. The fraction of sp³-hybridized carbons (Fsp3) is 0.290. The average Bonchev–Trinajstić information content (AvgIpc) is 3.74. The van der Waals surface area contributed by atoms with Crippen LogP contribution in [0.4, 0.5) is 5.69 Å². The number of morpholine rings is 1. The molecule has 1 unspecified atom stereocenters. The van der Waals surface area contributed by atoms with Crippen molar-refractivity contribution in [3.63, 3.8) is 0 Å². The van der Waals surface area contributed by atoms with Crippen LogP contribution in [0.2, 0.25) is 5.02 Å². The second-order valence-corrected chi connectivity index (χ2v) is 10.7. The first-order valence-electron chi connectivity index (χ1n) is 14.0. The largest absolute Gasteiger partial charge is 0.378 e. The molecule has 0 bridgehead atoms. The van der Waals surface area contributed by atoms with Crippen molar-refractivity contribution in [3.05, 3.63) is 95.3 Å². The predicted molar refractivity (Wildman–Crippen MR) is 160 cm³/mol. The Morgan fingerprint density at radius 2 is 1.72 bits per heavy atom. The number of hydrogen-bond donors (Lipinski definition) is 2. The molecule has 2 aromatic carbocycles. The van der Waals surface area contributed by atoms with Crippen LogP contribution in [0.5, 0.6) is 0 Å². The molecule has 1 atom stereocenters. The van der Waals surface area contributed by atoms with Gasteiger partial charge >= 0.3 is 0 Å². The van der Waals surface area contributed by atoms with E-state index in [9.17, 15) is 9.59 Å². The van der Waals surface area contributed by atoms with Crippen molar-refractivity contribution in [2.75, 3.05) is 44.4 Å². The van der Waals surface area contributed by atoms with E-state index in [2.05, 4.69) is 27.3 Å². The quantitative estimate of drug-likeness (QED) is 0.299. The number of halogens is 1. The molecule has 11 nitrogen and oxygen atoms in total. The van der Waals surface area contributed by atoms with Crippen molar-refractivity contribution < 1.29 is 23.8 Å². The highest BCUT2D eigenvalue weighted by Crippen LogP contribution is 2.28. The molecular weight excluding hydrogens is 572 g/mol. The third-order valence-corrected chi connectivity index (χ3v) is 7.74. The van der Waals surface area contributed by atoms with Gasteiger partial charge in [-0.15, -0.1) is 0 Å². The van der Waals surface area contributed by atoms with Crippen LogP contribution in [0.3, 0.4) is 0 Å². The minimum atomic E-state index is -1.83. The molecular formula is C31H31ClN6O5. The lowest BCUT2D eigenvalue weighted by atomic mass is 9.97. The Bertz CT molecular complexity index is 1580. The van der Waals surface area contributed by atoms with Gasteiger partial charge in [0, 0.05) is 36.7 Å². The van der Waals surface area contributed by atoms with E-state index in [0.29, 0.717) is 18.9 Å². The molecule has 4 heterocycles. The minimum absolute atomic E-state index is 0.153. The smallest absolute Gasteiger partial charge is 0.280 e. The van der Waals surface area contributed by atoms with Crippen molar-refractivity contribution >= 4 is 29.1 Å². The zero-order valence-corrected chi connectivity index (χ0v) is 24.1. The SMILES string of the molecule is NC(=O)C1(C(Cc2ccccc2)NC(=O)c2cc(Cl)cnc2-n2ccc(-c3ccc(N4CCOCC4)cc3)n2)OCCO1. The summed E-state index contributed by atoms with van der Waals surface area (Å²) in [6.45, 7) is 3.46. The summed E-state index contributed by atoms with van der Waals surface area (Å²) < 4.78 is 18.4. The van der Waals surface area contributed by atoms with Crippen LogP contribution in [0, 0.1) is 0 Å². The standard InChI is InChI=1S/C31H31ClN6O5/c32-23-19-25(29(39)35-27(18-21-4-2-1-3-5-21)31(30(33)40)42-16-17-43-31)28(34-20-23)38-11-10-26(36-38)22-6-8-24(9-7-22)37-12-14-41-15-13-37/h1-11,19-20,27H,12-18H2,(H2,33,40)(H,35,39). The molecule has 4 aromatic rings. The Kier molecular flexibility index (Phi) is 8.39. The Hall–Kier alpha value is -4.29. The van der Waals surface area contributed by atoms with Crippen LogP contribution >= 0.6 is 11.6 Å². The number of nitrogens with zero attached hydrogens (tertiary/aromatic N) is 4. The van der Waals surface area contributed by atoms with E-state index < -0.39 is 23.6 Å². The molecule has 43 heavy (non-hydrogen) atoms. The molecule has 0 radical (unpaired) electrons. The van der Waals surface area contributed by atoms with E-state index in [1.54, 1.807) is 6.20 Å². The molecule has 2 aromatic heterocycles. The molecule has 2 fully saturated rings. The molecule has 2 amide bonds. The van der Waals surface area contributed by atoms with E-state index in [1.807, 2.05) is 48.5 Å². The average molecular weight is 603 g/mol. The van der Waals surface area contributed by atoms with Gasteiger partial charge in [0.2, 0.25) is 0 Å². The summed E-state index contributed by atoms with van der Waals surface area (Å²) in [5, 5.41) is 7.88. The summed E-state index contributed by atoms with van der Waals surface area (Å²) >= 11 is 6.29. The molecule has 0 aliphatic carbocycles. The lowest BCUT2D eigenvalue weighted by Crippen LogP contribution is -2.61. The van der Waals surface area contributed by atoms with Gasteiger partial charge in [-0.25, -0.2) is 9.67 Å². The number of pyridine rings is 1. The van der Waals surface area contributed by atoms with Gasteiger partial charge in [0.1, 0.15) is 0 Å². The third kappa shape index (κ3) is 6.11. The summed E-state index contributed by atoms with van der Waals surface area (Å²) in [6.07, 6.45) is 3.40. The number of carbonyl (C=O) groups excluding carboxylic acids is 2. The summed E-state index contributed by atoms with van der Waals surface area (Å²) in [7, 11) is 0. The van der Waals surface area contributed by atoms with Gasteiger partial charge in [-0.1, -0.05) is 54.1 Å². The van der Waals surface area contributed by atoms with Crippen molar-refractivity contribution in [1.29, 1.82) is 0 Å². The van der Waals surface area contributed by atoms with Crippen LogP contribution in [-0.2, 0) is 25.4 Å². The first-order valence-corrected chi connectivity index (χ1v) is 14.4. The van der Waals surface area contributed by atoms with Crippen LogP contribution in [0.1, 0.15) is 15.9 Å². The maximum atomic E-state index is 13.9. The van der Waals surface area contributed by atoms with Gasteiger partial charge in [0.15, 0.2) is 5.82 Å². The van der Waals surface area contributed by atoms with E-state index in [4.69, 9.17) is 36.6 Å². The second-order valence-electron chi connectivity index (χ2n) is 10.3. The highest BCUT2D eigenvalue weighted by molar-refractivity contribution is 6.30. The van der Waals surface area contributed by atoms with Gasteiger partial charge in [-0.05, 0) is 36.2 Å². The van der Waals surface area contributed by atoms with E-state index >= 15 is 0 Å². The highest BCUT2D eigenvalue weighted by atomic mass is 35.5. The Balaban J connectivity index is 1.27. The fourth-order valence-electron chi connectivity index (χ4n) is 5.35. The molecule has 0 saturated carbocycles. The van der Waals surface area contributed by atoms with Gasteiger partial charge < -0.3 is 30.2 Å². The molecule has 6 rings (SSSR count). The fourth-order valence-corrected chi connectivity index (χ4v) is 5.51. The molecule has 222 valence electrons. The first kappa shape index (κ1) is 28.8. The maximum absolute atomic E-state index is 13.9. The number of primary amides is 1. The number of benzene rings is 2. The summed E-state index contributed by atoms with van der Waals surface area (Å²) in [4.78, 5) is 33.2. The molecule has 0 spiro atoms. The van der Waals surface area contributed by atoms with Crippen molar-refractivity contribution in [2.24, 2.45) is 5.73 Å². The predicted octanol–water partition coefficient (Wildman–Crippen LogP) is 2.99. The molecule has 12 heteroatoms. The van der Waals surface area contributed by atoms with Crippen LogP contribution < -0.4 is 16.0 Å². The lowest BCUT2D eigenvalue weighted by Gasteiger charge is -2.33. The number of hydrogen-bond acceptors (Lipinski definition) is 8. The van der Waals surface area contributed by atoms with Gasteiger partial charge in [-0.2, -0.15) is 5.10 Å². The van der Waals surface area contributed by atoms with Crippen molar-refractivity contribution in [2.45, 2.75) is 18.2 Å². The topological polar surface area (TPSA) is 134 Å². The van der Waals surface area contributed by atoms with E-state index in [-0.39, 0.29) is 36.0 Å². The normalized spacial score (nSPS) is 17.0. The minimum Gasteiger partial charge on any atom is -0.378 e. The Morgan fingerprint density at radius 3 is 2.42 bits per heavy atom. The van der Waals surface area contributed by atoms with Gasteiger partial charge in [0.25, 0.3) is 17.6 Å². The molecule has 2 saturated heterocycles. The van der Waals surface area contributed by atoms with Crippen molar-refractivity contribution in [3.8, 4) is 17.1 Å². The first-order chi connectivity index (χ1) is 20.9. The van der Waals surface area contributed by atoms with Gasteiger partial charge in [-0.3, -0.25) is 9.59 Å². The Morgan fingerprint density at radius 1 is 1.00 bits per heavy atom. The number of amides is 2. The molecule has 2 aliphatic rings. The van der Waals surface area contributed by atoms with E-state index in [0.717, 1.165) is 29.9 Å². The number of anilines is 1. The zero-order valence-electron chi connectivity index (χ0n) is 23.3. The maximum Gasteiger partial charge on any atom is 0.280 e. The number of rotatable bonds is 9. The molecule has 3 N–H and O–H groups in total. The number of aromatic nitrogens is 3. The lowest BCUT2D eigenvalue weighted by molar-refractivity contribution is -0.189. The number of nitrogens with two attached hydrogens (primary N) is 1. The summed E-state index contributed by atoms with van der Waals surface area (Å²) in [5.74, 6) is -2.94. The third-order valence-electron chi connectivity index (χ3n) is 7.53. The highest BCUT2D eigenvalue weighted by Gasteiger charge is 2.51. The summed E-state index contributed by atoms with van der Waals surface area (Å²) in [5.41, 5.74) is 9.51. The van der Waals surface area contributed by atoms with Crippen LogP contribution in [-0.4, -0.2) is 77.9 Å². The van der Waals surface area contributed by atoms with Gasteiger partial charge in [0.05, 0.1) is 48.7 Å². The number of ether oxygens (including phenoxy) is 3. The summed E-state index contributed by atoms with van der Waals surface area (Å²) in [6, 6.07) is 19.9.